The molecule has 6 nitrogen and oxygen atoms in total. The van der Waals surface area contributed by atoms with E-state index in [2.05, 4.69) is 0 Å². The fourth-order valence-corrected chi connectivity index (χ4v) is 4.94. The van der Waals surface area contributed by atoms with Crippen LogP contribution in [0.2, 0.25) is 0 Å². The smallest absolute Gasteiger partial charge is 0.416 e. The summed E-state index contributed by atoms with van der Waals surface area (Å²) >= 11 is 0. The van der Waals surface area contributed by atoms with Gasteiger partial charge in [0.1, 0.15) is 13.2 Å². The Balaban J connectivity index is 1.39. The topological polar surface area (TPSA) is 72.9 Å². The minimum Gasteiger partial charge on any atom is -0.461 e. The number of benzene rings is 4. The van der Waals surface area contributed by atoms with Crippen LogP contribution in [0.3, 0.4) is 0 Å². The number of amides is 2. The van der Waals surface area contributed by atoms with E-state index < -0.39 is 29.9 Å². The molecule has 1 aliphatic rings. The van der Waals surface area contributed by atoms with E-state index in [-0.39, 0.29) is 19.6 Å². The molecule has 2 amide bonds. The predicted molar refractivity (Wildman–Crippen MR) is 144 cm³/mol. The second-order valence-electron chi connectivity index (χ2n) is 9.52. The number of hydrogen-bond donors (Lipinski definition) is 0. The Morgan fingerprint density at radius 2 is 1.50 bits per heavy atom. The number of rotatable bonds is 9. The highest BCUT2D eigenvalue weighted by Gasteiger charge is 2.41. The molecular formula is C32H29NO5. The molecule has 2 atom stereocenters. The van der Waals surface area contributed by atoms with Gasteiger partial charge in [0.15, 0.2) is 0 Å². The lowest BCUT2D eigenvalue weighted by Gasteiger charge is -2.25. The van der Waals surface area contributed by atoms with Crippen molar-refractivity contribution in [3.8, 4) is 0 Å². The Bertz CT molecular complexity index is 1410. The number of esters is 1. The second-order valence-corrected chi connectivity index (χ2v) is 9.52. The number of ether oxygens (including phenoxy) is 2. The largest absolute Gasteiger partial charge is 0.461 e. The van der Waals surface area contributed by atoms with E-state index in [1.54, 1.807) is 0 Å². The second kappa shape index (κ2) is 11.7. The van der Waals surface area contributed by atoms with Gasteiger partial charge in [-0.2, -0.15) is 0 Å². The van der Waals surface area contributed by atoms with Gasteiger partial charge in [-0.05, 0) is 40.3 Å². The summed E-state index contributed by atoms with van der Waals surface area (Å²) < 4.78 is 10.8. The summed E-state index contributed by atoms with van der Waals surface area (Å²) in [5, 5.41) is 2.06. The normalized spacial score (nSPS) is 15.7. The zero-order valence-corrected chi connectivity index (χ0v) is 21.0. The average Bonchev–Trinajstić information content (AvgIpc) is 3.31. The Morgan fingerprint density at radius 3 is 2.26 bits per heavy atom. The number of carbonyl (C=O) groups is 3. The van der Waals surface area contributed by atoms with Crippen LogP contribution in [-0.4, -0.2) is 35.5 Å². The molecule has 0 saturated carbocycles. The van der Waals surface area contributed by atoms with Crippen molar-refractivity contribution in [2.75, 3.05) is 6.61 Å². The first-order valence-corrected chi connectivity index (χ1v) is 12.8. The summed E-state index contributed by atoms with van der Waals surface area (Å²) in [5.41, 5.74) is 2.80. The molecule has 192 valence electrons. The van der Waals surface area contributed by atoms with Gasteiger partial charge in [0, 0.05) is 0 Å². The lowest BCUT2D eigenvalue weighted by molar-refractivity contribution is -0.149. The van der Waals surface area contributed by atoms with Gasteiger partial charge in [0.25, 0.3) is 0 Å². The number of nitrogens with zero attached hydrogens (tertiary/aromatic N) is 1. The molecule has 1 aliphatic heterocycles. The molecule has 0 N–H and O–H groups in total. The molecule has 0 spiro atoms. The first-order chi connectivity index (χ1) is 18.6. The summed E-state index contributed by atoms with van der Waals surface area (Å²) in [7, 11) is 0. The van der Waals surface area contributed by atoms with E-state index in [1.165, 1.54) is 4.90 Å². The van der Waals surface area contributed by atoms with Crippen LogP contribution in [0.25, 0.3) is 10.8 Å². The van der Waals surface area contributed by atoms with E-state index in [0.29, 0.717) is 12.8 Å². The summed E-state index contributed by atoms with van der Waals surface area (Å²) in [6.07, 6.45) is -0.0340. The van der Waals surface area contributed by atoms with E-state index in [4.69, 9.17) is 9.47 Å². The first kappa shape index (κ1) is 25.2. The van der Waals surface area contributed by atoms with E-state index >= 15 is 0 Å². The zero-order valence-electron chi connectivity index (χ0n) is 21.0. The standard InChI is InChI=1S/C32H29NO5/c34-30(37-21-24-12-5-2-6-13-24)20-27(19-26-16-9-15-25-14-7-8-17-29(25)26)31(35)33-28(22-38-32(33)36)18-23-10-3-1-4-11-23/h1-17,27-28H,18-22H2. The third-order valence-corrected chi connectivity index (χ3v) is 6.86. The molecule has 5 rings (SSSR count). The highest BCUT2D eigenvalue weighted by molar-refractivity contribution is 5.97. The van der Waals surface area contributed by atoms with Crippen molar-refractivity contribution >= 4 is 28.7 Å². The van der Waals surface area contributed by atoms with Gasteiger partial charge in [0.2, 0.25) is 5.91 Å². The predicted octanol–water partition coefficient (Wildman–Crippen LogP) is 5.72. The van der Waals surface area contributed by atoms with Crippen LogP contribution in [0, 0.1) is 5.92 Å². The molecular weight excluding hydrogens is 478 g/mol. The first-order valence-electron chi connectivity index (χ1n) is 12.8. The maximum Gasteiger partial charge on any atom is 0.416 e. The molecule has 0 bridgehead atoms. The molecule has 0 aromatic heterocycles. The van der Waals surface area contributed by atoms with Crippen molar-refractivity contribution in [3.63, 3.8) is 0 Å². The van der Waals surface area contributed by atoms with Crippen molar-refractivity contribution in [2.45, 2.75) is 31.9 Å². The number of imide groups is 1. The van der Waals surface area contributed by atoms with Crippen LogP contribution in [0.15, 0.2) is 103 Å². The van der Waals surface area contributed by atoms with Crippen molar-refractivity contribution in [1.29, 1.82) is 0 Å². The van der Waals surface area contributed by atoms with Crippen molar-refractivity contribution in [3.05, 3.63) is 120 Å². The third-order valence-electron chi connectivity index (χ3n) is 6.86. The van der Waals surface area contributed by atoms with Crippen LogP contribution < -0.4 is 0 Å². The maximum absolute atomic E-state index is 13.9. The molecule has 1 fully saturated rings. The number of hydrogen-bond acceptors (Lipinski definition) is 5. The minimum atomic E-state index is -0.784. The van der Waals surface area contributed by atoms with Gasteiger partial charge in [-0.1, -0.05) is 103 Å². The van der Waals surface area contributed by atoms with Crippen LogP contribution in [0.4, 0.5) is 4.79 Å². The highest BCUT2D eigenvalue weighted by atomic mass is 16.6. The average molecular weight is 508 g/mol. The monoisotopic (exact) mass is 507 g/mol. The molecule has 1 heterocycles. The molecule has 6 heteroatoms. The molecule has 2 unspecified atom stereocenters. The van der Waals surface area contributed by atoms with E-state index in [0.717, 1.165) is 27.5 Å². The van der Waals surface area contributed by atoms with Crippen molar-refractivity contribution in [2.24, 2.45) is 5.92 Å². The minimum absolute atomic E-state index is 0.122. The Kier molecular flexibility index (Phi) is 7.78. The van der Waals surface area contributed by atoms with Gasteiger partial charge in [0.05, 0.1) is 18.4 Å². The van der Waals surface area contributed by atoms with Crippen molar-refractivity contribution < 1.29 is 23.9 Å². The number of carbonyl (C=O) groups excluding carboxylic acids is 3. The summed E-state index contributed by atoms with van der Waals surface area (Å²) in [4.78, 5) is 40.8. The Morgan fingerprint density at radius 1 is 0.842 bits per heavy atom. The van der Waals surface area contributed by atoms with Gasteiger partial charge < -0.3 is 9.47 Å². The van der Waals surface area contributed by atoms with Crippen LogP contribution in [0.1, 0.15) is 23.1 Å². The molecule has 4 aromatic carbocycles. The summed E-state index contributed by atoms with van der Waals surface area (Å²) in [6, 6.07) is 32.5. The maximum atomic E-state index is 13.9. The van der Waals surface area contributed by atoms with Gasteiger partial charge in [-0.25, -0.2) is 9.69 Å². The molecule has 0 aliphatic carbocycles. The van der Waals surface area contributed by atoms with Gasteiger partial charge in [-0.15, -0.1) is 0 Å². The van der Waals surface area contributed by atoms with Gasteiger partial charge >= 0.3 is 12.1 Å². The number of fused-ring (bicyclic) bond motifs is 1. The summed E-state index contributed by atoms with van der Waals surface area (Å²) in [6.45, 7) is 0.246. The third kappa shape index (κ3) is 5.92. The van der Waals surface area contributed by atoms with E-state index in [9.17, 15) is 14.4 Å². The SMILES string of the molecule is O=C(CC(Cc1cccc2ccccc12)C(=O)N1C(=O)OCC1Cc1ccccc1)OCc1ccccc1. The van der Waals surface area contributed by atoms with Gasteiger partial charge in [-0.3, -0.25) is 9.59 Å². The molecule has 1 saturated heterocycles. The lowest BCUT2D eigenvalue weighted by Crippen LogP contribution is -2.44. The van der Waals surface area contributed by atoms with E-state index in [1.807, 2.05) is 103 Å². The Labute approximate surface area is 221 Å². The fourth-order valence-electron chi connectivity index (χ4n) is 4.94. The molecule has 4 aromatic rings. The number of cyclic esters (lactones) is 1. The molecule has 38 heavy (non-hydrogen) atoms. The highest BCUT2D eigenvalue weighted by Crippen LogP contribution is 2.27. The van der Waals surface area contributed by atoms with Crippen LogP contribution in [0.5, 0.6) is 0 Å². The van der Waals surface area contributed by atoms with Crippen LogP contribution >= 0.6 is 0 Å². The summed E-state index contributed by atoms with van der Waals surface area (Å²) in [5.74, 6) is -1.69. The Hall–Kier alpha value is -4.45. The van der Waals surface area contributed by atoms with Crippen molar-refractivity contribution in [1.82, 2.24) is 4.90 Å². The van der Waals surface area contributed by atoms with Crippen LogP contribution in [-0.2, 0) is 38.5 Å². The quantitative estimate of drug-likeness (QED) is 0.271. The molecule has 0 radical (unpaired) electrons. The lowest BCUT2D eigenvalue weighted by atomic mass is 9.91. The fraction of sp³-hybridized carbons (Fsp3) is 0.219. The zero-order chi connectivity index (χ0) is 26.3.